The number of alkyl halides is 1. The molecule has 4 rings (SSSR count). The van der Waals surface area contributed by atoms with E-state index < -0.39 is 0 Å². The number of aromatic nitrogens is 3. The Morgan fingerprint density at radius 3 is 2.95 bits per heavy atom. The summed E-state index contributed by atoms with van der Waals surface area (Å²) in [7, 11) is 0. The van der Waals surface area contributed by atoms with Gasteiger partial charge in [0.2, 0.25) is 11.9 Å². The largest absolute Gasteiger partial charge is 0.378 e. The van der Waals surface area contributed by atoms with E-state index in [9.17, 15) is 0 Å². The molecule has 2 saturated heterocycles. The summed E-state index contributed by atoms with van der Waals surface area (Å²) in [6, 6.07) is 0. The predicted molar refractivity (Wildman–Crippen MR) is 80.6 cm³/mol. The standard InChI is InChI=1S/C12H16ClN5OS/c13-9-7-20-6-8-5-18-11(14-10(8)9)15-12(16-18)17-1-3-19-4-2-17/h8-9H,1-7H2. The summed E-state index contributed by atoms with van der Waals surface area (Å²) in [5, 5.41) is 4.65. The summed E-state index contributed by atoms with van der Waals surface area (Å²) in [5.74, 6) is 3.90. The van der Waals surface area contributed by atoms with E-state index in [0.717, 1.165) is 56.0 Å². The van der Waals surface area contributed by atoms with Gasteiger partial charge in [0.25, 0.3) is 0 Å². The molecular weight excluding hydrogens is 298 g/mol. The third kappa shape index (κ3) is 2.21. The number of halogens is 1. The Bertz CT molecular complexity index is 542. The Morgan fingerprint density at radius 2 is 2.10 bits per heavy atom. The Kier molecular flexibility index (Phi) is 3.36. The maximum absolute atomic E-state index is 6.38. The number of fused-ring (bicyclic) bond motifs is 2. The number of hydrogen-bond acceptors (Lipinski definition) is 6. The van der Waals surface area contributed by atoms with E-state index in [1.165, 1.54) is 0 Å². The van der Waals surface area contributed by atoms with Gasteiger partial charge in [-0.3, -0.25) is 0 Å². The minimum atomic E-state index is 0.0380. The number of rotatable bonds is 1. The highest BCUT2D eigenvalue weighted by Gasteiger charge is 2.33. The third-order valence-corrected chi connectivity index (χ3v) is 5.65. The van der Waals surface area contributed by atoms with Crippen LogP contribution in [0.4, 0.5) is 11.9 Å². The molecule has 1 aromatic heterocycles. The van der Waals surface area contributed by atoms with Crippen LogP contribution < -0.4 is 4.90 Å². The SMILES string of the molecule is ClC1CSCC2Cn3nc(N4CCOCC4)nc3N=C12. The van der Waals surface area contributed by atoms with Crippen molar-refractivity contribution in [3.05, 3.63) is 0 Å². The highest BCUT2D eigenvalue weighted by Crippen LogP contribution is 2.32. The summed E-state index contributed by atoms with van der Waals surface area (Å²) >= 11 is 8.27. The zero-order valence-electron chi connectivity index (χ0n) is 11.0. The van der Waals surface area contributed by atoms with Crippen LogP contribution in [0.2, 0.25) is 0 Å². The van der Waals surface area contributed by atoms with Crippen molar-refractivity contribution >= 4 is 41.0 Å². The lowest BCUT2D eigenvalue weighted by atomic mass is 10.0. The first kappa shape index (κ1) is 12.9. The Balaban J connectivity index is 1.63. The molecule has 20 heavy (non-hydrogen) atoms. The average molecular weight is 314 g/mol. The molecule has 0 aromatic carbocycles. The first-order valence-electron chi connectivity index (χ1n) is 6.89. The zero-order valence-corrected chi connectivity index (χ0v) is 12.6. The van der Waals surface area contributed by atoms with Crippen molar-refractivity contribution in [2.24, 2.45) is 10.9 Å². The lowest BCUT2D eigenvalue weighted by Gasteiger charge is -2.30. The molecule has 0 bridgehead atoms. The number of aliphatic imine (C=N–C) groups is 1. The minimum Gasteiger partial charge on any atom is -0.378 e. The van der Waals surface area contributed by atoms with Crippen molar-refractivity contribution in [2.75, 3.05) is 42.7 Å². The Morgan fingerprint density at radius 1 is 1.25 bits per heavy atom. The van der Waals surface area contributed by atoms with E-state index in [1.807, 2.05) is 16.4 Å². The average Bonchev–Trinajstić information content (AvgIpc) is 2.90. The molecule has 3 aliphatic rings. The second kappa shape index (κ2) is 5.20. The van der Waals surface area contributed by atoms with Crippen molar-refractivity contribution in [2.45, 2.75) is 11.9 Å². The van der Waals surface area contributed by atoms with Crippen LogP contribution in [-0.4, -0.2) is 63.7 Å². The summed E-state index contributed by atoms with van der Waals surface area (Å²) in [5.41, 5.74) is 1.10. The van der Waals surface area contributed by atoms with Gasteiger partial charge in [-0.25, -0.2) is 9.67 Å². The lowest BCUT2D eigenvalue weighted by Crippen LogP contribution is -2.38. The van der Waals surface area contributed by atoms with Crippen LogP contribution in [0.25, 0.3) is 0 Å². The normalized spacial score (nSPS) is 29.6. The molecule has 2 atom stereocenters. The van der Waals surface area contributed by atoms with E-state index in [2.05, 4.69) is 20.0 Å². The molecule has 0 spiro atoms. The topological polar surface area (TPSA) is 55.5 Å². The molecule has 0 radical (unpaired) electrons. The predicted octanol–water partition coefficient (Wildman–Crippen LogP) is 1.17. The molecule has 108 valence electrons. The first-order valence-corrected chi connectivity index (χ1v) is 8.48. The zero-order chi connectivity index (χ0) is 13.5. The van der Waals surface area contributed by atoms with Gasteiger partial charge in [0.1, 0.15) is 0 Å². The van der Waals surface area contributed by atoms with Crippen LogP contribution in [0.5, 0.6) is 0 Å². The fourth-order valence-electron chi connectivity index (χ4n) is 2.80. The maximum Gasteiger partial charge on any atom is 0.249 e. The Labute approximate surface area is 126 Å². The summed E-state index contributed by atoms with van der Waals surface area (Å²) < 4.78 is 7.29. The fourth-order valence-corrected chi connectivity index (χ4v) is 4.37. The summed E-state index contributed by atoms with van der Waals surface area (Å²) in [6.45, 7) is 4.01. The van der Waals surface area contributed by atoms with Gasteiger partial charge in [0.15, 0.2) is 0 Å². The molecule has 0 aliphatic carbocycles. The van der Waals surface area contributed by atoms with Crippen LogP contribution >= 0.6 is 23.4 Å². The number of hydrogen-bond donors (Lipinski definition) is 0. The number of anilines is 1. The van der Waals surface area contributed by atoms with Gasteiger partial charge in [-0.2, -0.15) is 16.7 Å². The van der Waals surface area contributed by atoms with E-state index in [1.54, 1.807) is 0 Å². The van der Waals surface area contributed by atoms with Gasteiger partial charge in [-0.1, -0.05) is 0 Å². The Hall–Kier alpha value is -0.790. The molecule has 6 nitrogen and oxygen atoms in total. The van der Waals surface area contributed by atoms with Crippen LogP contribution in [0, 0.1) is 5.92 Å². The molecule has 2 unspecified atom stereocenters. The molecule has 4 heterocycles. The number of thioether (sulfide) groups is 1. The van der Waals surface area contributed by atoms with E-state index >= 15 is 0 Å². The molecule has 1 aromatic rings. The van der Waals surface area contributed by atoms with Gasteiger partial charge < -0.3 is 9.64 Å². The minimum absolute atomic E-state index is 0.0380. The highest BCUT2D eigenvalue weighted by atomic mass is 35.5. The van der Waals surface area contributed by atoms with Crippen molar-refractivity contribution in [3.8, 4) is 0 Å². The van der Waals surface area contributed by atoms with Gasteiger partial charge in [0, 0.05) is 36.2 Å². The molecule has 2 fully saturated rings. The first-order chi connectivity index (χ1) is 9.81. The highest BCUT2D eigenvalue weighted by molar-refractivity contribution is 7.99. The van der Waals surface area contributed by atoms with Crippen molar-refractivity contribution < 1.29 is 4.74 Å². The third-order valence-electron chi connectivity index (χ3n) is 3.88. The molecule has 0 N–H and O–H groups in total. The number of ether oxygens (including phenoxy) is 1. The molecule has 0 saturated carbocycles. The molecule has 0 amide bonds. The van der Waals surface area contributed by atoms with Crippen LogP contribution in [0.3, 0.4) is 0 Å². The van der Waals surface area contributed by atoms with Crippen molar-refractivity contribution in [3.63, 3.8) is 0 Å². The quantitative estimate of drug-likeness (QED) is 0.729. The van der Waals surface area contributed by atoms with Gasteiger partial charge in [-0.05, 0) is 0 Å². The monoisotopic (exact) mass is 313 g/mol. The molecular formula is C12H16ClN5OS. The molecule has 8 heteroatoms. The lowest BCUT2D eigenvalue weighted by molar-refractivity contribution is 0.122. The van der Waals surface area contributed by atoms with Crippen molar-refractivity contribution in [1.29, 1.82) is 0 Å². The summed E-state index contributed by atoms with van der Waals surface area (Å²) in [6.07, 6.45) is 0. The van der Waals surface area contributed by atoms with Gasteiger partial charge in [-0.15, -0.1) is 16.7 Å². The smallest absolute Gasteiger partial charge is 0.249 e. The van der Waals surface area contributed by atoms with Crippen molar-refractivity contribution in [1.82, 2.24) is 14.8 Å². The van der Waals surface area contributed by atoms with Crippen LogP contribution in [0.1, 0.15) is 0 Å². The second-order valence-electron chi connectivity index (χ2n) is 5.23. The second-order valence-corrected chi connectivity index (χ2v) is 6.83. The van der Waals surface area contributed by atoms with Crippen LogP contribution in [0.15, 0.2) is 4.99 Å². The van der Waals surface area contributed by atoms with E-state index in [-0.39, 0.29) is 5.38 Å². The number of morpholine rings is 1. The summed E-state index contributed by atoms with van der Waals surface area (Å²) in [4.78, 5) is 11.4. The van der Waals surface area contributed by atoms with E-state index in [4.69, 9.17) is 16.3 Å². The van der Waals surface area contributed by atoms with E-state index in [0.29, 0.717) is 11.9 Å². The van der Waals surface area contributed by atoms with Crippen LogP contribution in [-0.2, 0) is 11.3 Å². The maximum atomic E-state index is 6.38. The van der Waals surface area contributed by atoms with Gasteiger partial charge in [0.05, 0.1) is 25.1 Å². The fraction of sp³-hybridized carbons (Fsp3) is 0.750. The van der Waals surface area contributed by atoms with Gasteiger partial charge >= 0.3 is 0 Å². The number of nitrogens with zero attached hydrogens (tertiary/aromatic N) is 5. The molecule has 3 aliphatic heterocycles.